The molecule has 2 nitrogen and oxygen atoms in total. The Hall–Kier alpha value is -0.490. The second-order valence-corrected chi connectivity index (χ2v) is 7.74. The number of hydrogen-bond acceptors (Lipinski definition) is 4. The summed E-state index contributed by atoms with van der Waals surface area (Å²) >= 11 is 12.3. The predicted octanol–water partition coefficient (Wildman–Crippen LogP) is 5.49. The van der Waals surface area contributed by atoms with E-state index in [4.69, 9.17) is 16.3 Å². The maximum atomic E-state index is 11.9. The molecule has 1 aromatic carbocycles. The zero-order valence-electron chi connectivity index (χ0n) is 9.98. The number of benzene rings is 1. The number of carbonyl (C=O) groups excluding carboxylic acids is 1. The fourth-order valence-electron chi connectivity index (χ4n) is 1.38. The fourth-order valence-corrected chi connectivity index (χ4v) is 4.61. The van der Waals surface area contributed by atoms with E-state index in [2.05, 4.69) is 15.9 Å². The molecule has 2 aromatic rings. The molecule has 0 fully saturated rings. The van der Waals surface area contributed by atoms with Gasteiger partial charge in [0.15, 0.2) is 0 Å². The molecule has 0 bridgehead atoms. The number of halogens is 2. The highest BCUT2D eigenvalue weighted by Gasteiger charge is 2.17. The van der Waals surface area contributed by atoms with Gasteiger partial charge in [-0.1, -0.05) is 23.4 Å². The first-order valence-corrected chi connectivity index (χ1v) is 8.30. The molecule has 0 unspecified atom stereocenters. The van der Waals surface area contributed by atoms with Crippen molar-refractivity contribution in [2.75, 3.05) is 6.61 Å². The minimum absolute atomic E-state index is 0.291. The van der Waals surface area contributed by atoms with Gasteiger partial charge in [0.2, 0.25) is 0 Å². The van der Waals surface area contributed by atoms with Crippen molar-refractivity contribution < 1.29 is 9.53 Å². The Morgan fingerprint density at radius 1 is 1.42 bits per heavy atom. The van der Waals surface area contributed by atoms with Crippen LogP contribution in [0.2, 0.25) is 5.02 Å². The molecule has 0 spiro atoms. The van der Waals surface area contributed by atoms with E-state index in [0.29, 0.717) is 17.2 Å². The first-order valence-electron chi connectivity index (χ1n) is 5.50. The highest BCUT2D eigenvalue weighted by Crippen LogP contribution is 2.39. The molecule has 100 valence electrons. The standard InChI is InChI=1S/C13H10BrClO2S2/c1-2-17-12(16)10-7-11(14)19-13(10)18-9-5-3-8(15)4-6-9/h3-7H,2H2,1H3. The maximum Gasteiger partial charge on any atom is 0.340 e. The third kappa shape index (κ3) is 3.99. The molecule has 0 amide bonds. The monoisotopic (exact) mass is 376 g/mol. The molecule has 1 heterocycles. The lowest BCUT2D eigenvalue weighted by Gasteiger charge is -2.03. The van der Waals surface area contributed by atoms with Crippen molar-refractivity contribution in [1.29, 1.82) is 0 Å². The van der Waals surface area contributed by atoms with Gasteiger partial charge >= 0.3 is 5.97 Å². The zero-order valence-corrected chi connectivity index (χ0v) is 14.0. The quantitative estimate of drug-likeness (QED) is 0.659. The number of thiophene rings is 1. The van der Waals surface area contributed by atoms with Crippen LogP contribution in [0.3, 0.4) is 0 Å². The van der Waals surface area contributed by atoms with Gasteiger partial charge in [-0.15, -0.1) is 11.3 Å². The van der Waals surface area contributed by atoms with Gasteiger partial charge in [-0.05, 0) is 53.2 Å². The lowest BCUT2D eigenvalue weighted by molar-refractivity contribution is 0.0523. The first kappa shape index (κ1) is 14.9. The first-order chi connectivity index (χ1) is 9.10. The van der Waals surface area contributed by atoms with Crippen molar-refractivity contribution in [3.63, 3.8) is 0 Å². The van der Waals surface area contributed by atoms with Crippen LogP contribution in [0, 0.1) is 0 Å². The third-order valence-electron chi connectivity index (χ3n) is 2.19. The lowest BCUT2D eigenvalue weighted by atomic mass is 10.3. The lowest BCUT2D eigenvalue weighted by Crippen LogP contribution is -2.03. The van der Waals surface area contributed by atoms with E-state index in [-0.39, 0.29) is 5.97 Å². The van der Waals surface area contributed by atoms with Gasteiger partial charge in [-0.2, -0.15) is 0 Å². The molecule has 0 saturated heterocycles. The maximum absolute atomic E-state index is 11.9. The highest BCUT2D eigenvalue weighted by molar-refractivity contribution is 9.11. The second-order valence-electron chi connectivity index (χ2n) is 3.53. The normalized spacial score (nSPS) is 10.5. The Morgan fingerprint density at radius 3 is 2.74 bits per heavy atom. The minimum atomic E-state index is -0.291. The summed E-state index contributed by atoms with van der Waals surface area (Å²) in [5, 5.41) is 0.697. The average molecular weight is 378 g/mol. The van der Waals surface area contributed by atoms with Crippen molar-refractivity contribution in [2.45, 2.75) is 16.0 Å². The minimum Gasteiger partial charge on any atom is -0.462 e. The summed E-state index contributed by atoms with van der Waals surface area (Å²) in [4.78, 5) is 12.9. The van der Waals surface area contributed by atoms with E-state index in [1.807, 2.05) is 24.3 Å². The van der Waals surface area contributed by atoms with Crippen molar-refractivity contribution >= 4 is 56.6 Å². The molecule has 0 N–H and O–H groups in total. The van der Waals surface area contributed by atoms with E-state index >= 15 is 0 Å². The van der Waals surface area contributed by atoms with Gasteiger partial charge in [0.25, 0.3) is 0 Å². The Bertz CT molecular complexity index is 581. The van der Waals surface area contributed by atoms with Crippen LogP contribution in [-0.2, 0) is 4.74 Å². The summed E-state index contributed by atoms with van der Waals surface area (Å²) in [5.74, 6) is -0.291. The van der Waals surface area contributed by atoms with Gasteiger partial charge in [0.05, 0.1) is 20.2 Å². The SMILES string of the molecule is CCOC(=O)c1cc(Br)sc1Sc1ccc(Cl)cc1. The molecule has 1 aromatic heterocycles. The number of carbonyl (C=O) groups is 1. The van der Waals surface area contributed by atoms with Gasteiger partial charge in [0.1, 0.15) is 0 Å². The Labute approximate surface area is 133 Å². The smallest absolute Gasteiger partial charge is 0.340 e. The van der Waals surface area contributed by atoms with Crippen LogP contribution in [0.4, 0.5) is 0 Å². The van der Waals surface area contributed by atoms with Gasteiger partial charge in [-0.25, -0.2) is 4.79 Å². The molecule has 0 aliphatic carbocycles. The van der Waals surface area contributed by atoms with Crippen LogP contribution >= 0.6 is 50.6 Å². The van der Waals surface area contributed by atoms with Gasteiger partial charge < -0.3 is 4.74 Å². The van der Waals surface area contributed by atoms with Crippen LogP contribution in [-0.4, -0.2) is 12.6 Å². The molecule has 0 saturated carbocycles. The number of rotatable bonds is 4. The summed E-state index contributed by atoms with van der Waals surface area (Å²) in [7, 11) is 0. The summed E-state index contributed by atoms with van der Waals surface area (Å²) < 4.78 is 6.87. The van der Waals surface area contributed by atoms with E-state index in [1.54, 1.807) is 13.0 Å². The number of esters is 1. The summed E-state index contributed by atoms with van der Waals surface area (Å²) in [6, 6.07) is 9.30. The highest BCUT2D eigenvalue weighted by atomic mass is 79.9. The van der Waals surface area contributed by atoms with Gasteiger partial charge in [-0.3, -0.25) is 0 Å². The second kappa shape index (κ2) is 6.79. The number of ether oxygens (including phenoxy) is 1. The van der Waals surface area contributed by atoms with Crippen LogP contribution in [0.25, 0.3) is 0 Å². The number of hydrogen-bond donors (Lipinski definition) is 0. The third-order valence-corrected chi connectivity index (χ3v) is 5.29. The van der Waals surface area contributed by atoms with Crippen molar-refractivity contribution in [3.8, 4) is 0 Å². The van der Waals surface area contributed by atoms with E-state index in [9.17, 15) is 4.79 Å². The summed E-state index contributed by atoms with van der Waals surface area (Å²) in [5.41, 5.74) is 0.596. The molecule has 0 aliphatic rings. The van der Waals surface area contributed by atoms with Crippen molar-refractivity contribution in [1.82, 2.24) is 0 Å². The van der Waals surface area contributed by atoms with Gasteiger partial charge in [0, 0.05) is 9.92 Å². The van der Waals surface area contributed by atoms with E-state index in [1.165, 1.54) is 23.1 Å². The molecule has 0 radical (unpaired) electrons. The van der Waals surface area contributed by atoms with Crippen LogP contribution in [0.1, 0.15) is 17.3 Å². The Kier molecular flexibility index (Phi) is 5.33. The summed E-state index contributed by atoms with van der Waals surface area (Å²) in [6.45, 7) is 2.17. The molecule has 0 atom stereocenters. The van der Waals surface area contributed by atoms with Crippen LogP contribution in [0.15, 0.2) is 43.2 Å². The Balaban J connectivity index is 2.24. The fraction of sp³-hybridized carbons (Fsp3) is 0.154. The zero-order chi connectivity index (χ0) is 13.8. The summed E-state index contributed by atoms with van der Waals surface area (Å²) in [6.07, 6.45) is 0. The predicted molar refractivity (Wildman–Crippen MR) is 83.6 cm³/mol. The molecular formula is C13H10BrClO2S2. The average Bonchev–Trinajstić information content (AvgIpc) is 2.74. The molecule has 0 aliphatic heterocycles. The molecular weight excluding hydrogens is 368 g/mol. The Morgan fingerprint density at radius 2 is 2.11 bits per heavy atom. The van der Waals surface area contributed by atoms with E-state index in [0.717, 1.165) is 12.9 Å². The van der Waals surface area contributed by atoms with Crippen LogP contribution in [0.5, 0.6) is 0 Å². The molecule has 19 heavy (non-hydrogen) atoms. The van der Waals surface area contributed by atoms with Crippen molar-refractivity contribution in [3.05, 3.63) is 44.7 Å². The topological polar surface area (TPSA) is 26.3 Å². The van der Waals surface area contributed by atoms with Crippen LogP contribution < -0.4 is 0 Å². The molecule has 6 heteroatoms. The largest absolute Gasteiger partial charge is 0.462 e. The van der Waals surface area contributed by atoms with Crippen molar-refractivity contribution in [2.24, 2.45) is 0 Å². The van der Waals surface area contributed by atoms with E-state index < -0.39 is 0 Å². The molecule has 2 rings (SSSR count).